The highest BCUT2D eigenvalue weighted by molar-refractivity contribution is 9.10. The first kappa shape index (κ1) is 23.2. The Labute approximate surface area is 181 Å². The summed E-state index contributed by atoms with van der Waals surface area (Å²) in [6.45, 7) is 7.53. The van der Waals surface area contributed by atoms with Crippen molar-refractivity contribution in [2.75, 3.05) is 24.4 Å². The van der Waals surface area contributed by atoms with E-state index in [1.807, 2.05) is 6.92 Å². The molecule has 0 bridgehead atoms. The second kappa shape index (κ2) is 10.6. The Morgan fingerprint density at radius 2 is 1.79 bits per heavy atom. The monoisotopic (exact) mass is 482 g/mol. The Morgan fingerprint density at radius 3 is 2.38 bits per heavy atom. The minimum atomic E-state index is -3.86. The Morgan fingerprint density at radius 1 is 1.10 bits per heavy atom. The molecule has 1 N–H and O–H groups in total. The van der Waals surface area contributed by atoms with E-state index in [1.54, 1.807) is 48.2 Å². The quantitative estimate of drug-likeness (QED) is 0.521. The zero-order valence-electron chi connectivity index (χ0n) is 16.9. The van der Waals surface area contributed by atoms with Crippen LogP contribution >= 0.6 is 15.9 Å². The fourth-order valence-corrected chi connectivity index (χ4v) is 4.54. The lowest BCUT2D eigenvalue weighted by molar-refractivity contribution is 0.0762. The molecule has 0 heterocycles. The van der Waals surface area contributed by atoms with Gasteiger partial charge in [0.05, 0.1) is 6.61 Å². The van der Waals surface area contributed by atoms with Crippen LogP contribution in [0.4, 0.5) is 5.69 Å². The van der Waals surface area contributed by atoms with Gasteiger partial charge >= 0.3 is 0 Å². The van der Waals surface area contributed by atoms with Crippen LogP contribution in [0.5, 0.6) is 5.75 Å². The predicted molar refractivity (Wildman–Crippen MR) is 119 cm³/mol. The predicted octanol–water partition coefficient (Wildman–Crippen LogP) is 4.91. The first-order valence-corrected chi connectivity index (χ1v) is 11.9. The van der Waals surface area contributed by atoms with Gasteiger partial charge < -0.3 is 9.64 Å². The summed E-state index contributed by atoms with van der Waals surface area (Å²) in [5, 5.41) is 0. The van der Waals surface area contributed by atoms with Crippen molar-refractivity contribution in [1.29, 1.82) is 0 Å². The molecule has 0 saturated carbocycles. The number of carbonyl (C=O) groups excluding carboxylic acids is 1. The van der Waals surface area contributed by atoms with Gasteiger partial charge in [-0.25, -0.2) is 8.42 Å². The smallest absolute Gasteiger partial charge is 0.265 e. The molecule has 2 aromatic rings. The third-order valence-electron chi connectivity index (χ3n) is 4.33. The molecule has 0 fully saturated rings. The van der Waals surface area contributed by atoms with Crippen molar-refractivity contribution in [3.8, 4) is 5.75 Å². The van der Waals surface area contributed by atoms with Gasteiger partial charge in [0.1, 0.15) is 10.6 Å². The van der Waals surface area contributed by atoms with Gasteiger partial charge in [-0.1, -0.05) is 29.3 Å². The number of unbranched alkanes of at least 4 members (excludes halogenated alkanes) is 1. The molecule has 29 heavy (non-hydrogen) atoms. The standard InChI is InChI=1S/C21H27BrN2O4S/c1-4-7-14-24(5-2)21(25)16-8-11-18(12-9-16)23-29(26,27)20-15-17(22)10-13-19(20)28-6-3/h8-13,15,23H,4-7,14H2,1-3H3. The topological polar surface area (TPSA) is 75.7 Å². The van der Waals surface area contributed by atoms with Gasteiger partial charge in [-0.05, 0) is 62.7 Å². The average Bonchev–Trinajstić information content (AvgIpc) is 2.70. The van der Waals surface area contributed by atoms with E-state index in [0.29, 0.717) is 35.4 Å². The third-order valence-corrected chi connectivity index (χ3v) is 6.23. The summed E-state index contributed by atoms with van der Waals surface area (Å²) in [4.78, 5) is 14.5. The maximum atomic E-state index is 12.9. The number of ether oxygens (including phenoxy) is 1. The normalized spacial score (nSPS) is 11.2. The summed E-state index contributed by atoms with van der Waals surface area (Å²) < 4.78 is 34.3. The molecule has 2 rings (SSSR count). The van der Waals surface area contributed by atoms with E-state index < -0.39 is 10.0 Å². The fraction of sp³-hybridized carbons (Fsp3) is 0.381. The highest BCUT2D eigenvalue weighted by Crippen LogP contribution is 2.29. The van der Waals surface area contributed by atoms with Gasteiger partial charge in [0.15, 0.2) is 0 Å². The van der Waals surface area contributed by atoms with E-state index in [2.05, 4.69) is 27.6 Å². The van der Waals surface area contributed by atoms with Crippen LogP contribution in [0.15, 0.2) is 51.8 Å². The number of amides is 1. The number of sulfonamides is 1. The van der Waals surface area contributed by atoms with Crippen molar-refractivity contribution in [3.05, 3.63) is 52.5 Å². The summed E-state index contributed by atoms with van der Waals surface area (Å²) in [7, 11) is -3.86. The van der Waals surface area contributed by atoms with Crippen LogP contribution in [-0.2, 0) is 10.0 Å². The number of carbonyl (C=O) groups is 1. The summed E-state index contributed by atoms with van der Waals surface area (Å²) in [5.41, 5.74) is 0.906. The number of hydrogen-bond donors (Lipinski definition) is 1. The molecule has 6 nitrogen and oxygen atoms in total. The van der Waals surface area contributed by atoms with Gasteiger partial charge in [-0.3, -0.25) is 9.52 Å². The van der Waals surface area contributed by atoms with Crippen molar-refractivity contribution in [3.63, 3.8) is 0 Å². The Bertz CT molecular complexity index is 930. The number of anilines is 1. The number of nitrogens with zero attached hydrogens (tertiary/aromatic N) is 1. The second-order valence-electron chi connectivity index (χ2n) is 6.45. The second-order valence-corrected chi connectivity index (χ2v) is 9.01. The van der Waals surface area contributed by atoms with Crippen LogP contribution in [-0.4, -0.2) is 38.9 Å². The molecule has 0 radical (unpaired) electrons. The molecular weight excluding hydrogens is 456 g/mol. The lowest BCUT2D eigenvalue weighted by atomic mass is 10.1. The Kier molecular flexibility index (Phi) is 8.52. The number of benzene rings is 2. The van der Waals surface area contributed by atoms with Gasteiger partial charge in [-0.15, -0.1) is 0 Å². The molecule has 0 atom stereocenters. The van der Waals surface area contributed by atoms with Gasteiger partial charge in [-0.2, -0.15) is 0 Å². The number of rotatable bonds is 10. The zero-order valence-corrected chi connectivity index (χ0v) is 19.3. The molecular formula is C21H27BrN2O4S. The van der Waals surface area contributed by atoms with Gasteiger partial charge in [0, 0.05) is 28.8 Å². The summed E-state index contributed by atoms with van der Waals surface area (Å²) in [6, 6.07) is 11.3. The van der Waals surface area contributed by atoms with Crippen LogP contribution in [0.1, 0.15) is 44.0 Å². The van der Waals surface area contributed by atoms with Crippen molar-refractivity contribution < 1.29 is 17.9 Å². The lowest BCUT2D eigenvalue weighted by Crippen LogP contribution is -2.31. The molecule has 1 amide bonds. The van der Waals surface area contributed by atoms with Crippen molar-refractivity contribution in [2.24, 2.45) is 0 Å². The van der Waals surface area contributed by atoms with E-state index in [1.165, 1.54) is 6.07 Å². The summed E-state index contributed by atoms with van der Waals surface area (Å²) in [6.07, 6.45) is 1.97. The van der Waals surface area contributed by atoms with E-state index >= 15 is 0 Å². The molecule has 8 heteroatoms. The third kappa shape index (κ3) is 6.21. The molecule has 0 aliphatic rings. The van der Waals surface area contributed by atoms with Crippen molar-refractivity contribution in [2.45, 2.75) is 38.5 Å². The Hall–Kier alpha value is -2.06. The largest absolute Gasteiger partial charge is 0.492 e. The molecule has 0 aliphatic carbocycles. The number of nitrogens with one attached hydrogen (secondary N) is 1. The molecule has 0 unspecified atom stereocenters. The maximum absolute atomic E-state index is 12.9. The van der Waals surface area contributed by atoms with Crippen LogP contribution in [0.25, 0.3) is 0 Å². The minimum Gasteiger partial charge on any atom is -0.492 e. The summed E-state index contributed by atoms with van der Waals surface area (Å²) >= 11 is 3.30. The van der Waals surface area contributed by atoms with Gasteiger partial charge in [0.25, 0.3) is 15.9 Å². The molecule has 2 aromatic carbocycles. The SMILES string of the molecule is CCCCN(CC)C(=O)c1ccc(NS(=O)(=O)c2cc(Br)ccc2OCC)cc1. The zero-order chi connectivity index (χ0) is 21.4. The highest BCUT2D eigenvalue weighted by atomic mass is 79.9. The van der Waals surface area contributed by atoms with E-state index in [-0.39, 0.29) is 16.6 Å². The van der Waals surface area contributed by atoms with Crippen LogP contribution in [0.2, 0.25) is 0 Å². The van der Waals surface area contributed by atoms with E-state index in [4.69, 9.17) is 4.74 Å². The van der Waals surface area contributed by atoms with Crippen molar-refractivity contribution >= 4 is 37.5 Å². The molecule has 0 saturated heterocycles. The molecule has 0 aliphatic heterocycles. The van der Waals surface area contributed by atoms with Crippen LogP contribution < -0.4 is 9.46 Å². The van der Waals surface area contributed by atoms with Crippen LogP contribution in [0, 0.1) is 0 Å². The number of halogens is 1. The molecule has 0 aromatic heterocycles. The summed E-state index contributed by atoms with van der Waals surface area (Å²) in [5.74, 6) is 0.227. The molecule has 158 valence electrons. The van der Waals surface area contributed by atoms with E-state index in [9.17, 15) is 13.2 Å². The van der Waals surface area contributed by atoms with Gasteiger partial charge in [0.2, 0.25) is 0 Å². The van der Waals surface area contributed by atoms with E-state index in [0.717, 1.165) is 12.8 Å². The number of hydrogen-bond acceptors (Lipinski definition) is 4. The Balaban J connectivity index is 2.21. The first-order valence-electron chi connectivity index (χ1n) is 9.66. The maximum Gasteiger partial charge on any atom is 0.265 e. The first-order chi connectivity index (χ1) is 13.8. The molecule has 0 spiro atoms. The minimum absolute atomic E-state index is 0.0469. The fourth-order valence-electron chi connectivity index (χ4n) is 2.79. The van der Waals surface area contributed by atoms with Crippen molar-refractivity contribution in [1.82, 2.24) is 4.90 Å². The highest BCUT2D eigenvalue weighted by Gasteiger charge is 2.21. The van der Waals surface area contributed by atoms with Crippen LogP contribution in [0.3, 0.4) is 0 Å². The average molecular weight is 483 g/mol. The lowest BCUT2D eigenvalue weighted by Gasteiger charge is -2.20.